The number of anilines is 2. The van der Waals surface area contributed by atoms with Crippen molar-refractivity contribution in [3.63, 3.8) is 0 Å². The summed E-state index contributed by atoms with van der Waals surface area (Å²) in [5.41, 5.74) is 2.20. The summed E-state index contributed by atoms with van der Waals surface area (Å²) < 4.78 is 27.3. The summed E-state index contributed by atoms with van der Waals surface area (Å²) in [6.45, 7) is 4.20. The van der Waals surface area contributed by atoms with Crippen LogP contribution in [-0.2, 0) is 47.7 Å². The smallest absolute Gasteiger partial charge is 0.303 e. The summed E-state index contributed by atoms with van der Waals surface area (Å²) >= 11 is 5.38. The van der Waals surface area contributed by atoms with Gasteiger partial charge in [-0.3, -0.25) is 24.0 Å². The molecule has 12 nitrogen and oxygen atoms in total. The van der Waals surface area contributed by atoms with Gasteiger partial charge in [0, 0.05) is 45.5 Å². The number of rotatable bonds is 11. The van der Waals surface area contributed by atoms with Crippen molar-refractivity contribution in [2.45, 2.75) is 64.6 Å². The zero-order valence-electron chi connectivity index (χ0n) is 24.6. The lowest BCUT2D eigenvalue weighted by Gasteiger charge is -2.44. The van der Waals surface area contributed by atoms with Crippen LogP contribution in [0.5, 0.6) is 0 Å². The molecule has 0 aromatic heterocycles. The number of hydrogen-bond donors (Lipinski definition) is 2. The monoisotopic (exact) mass is 626 g/mol. The lowest BCUT2D eigenvalue weighted by molar-refractivity contribution is -0.252. The van der Waals surface area contributed by atoms with Crippen molar-refractivity contribution in [3.05, 3.63) is 66.2 Å². The number of ketones is 1. The maximum absolute atomic E-state index is 13.1. The van der Waals surface area contributed by atoms with Crippen LogP contribution in [0.1, 0.15) is 39.7 Å². The fourth-order valence-corrected chi connectivity index (χ4v) is 4.71. The maximum Gasteiger partial charge on any atom is 0.303 e. The van der Waals surface area contributed by atoms with E-state index in [2.05, 4.69) is 10.6 Å². The van der Waals surface area contributed by atoms with Gasteiger partial charge in [-0.05, 0) is 48.1 Å². The van der Waals surface area contributed by atoms with Gasteiger partial charge in [-0.25, -0.2) is 0 Å². The van der Waals surface area contributed by atoms with Gasteiger partial charge in [-0.15, -0.1) is 0 Å². The second-order valence-corrected chi connectivity index (χ2v) is 10.2. The fourth-order valence-electron chi connectivity index (χ4n) is 4.47. The van der Waals surface area contributed by atoms with E-state index < -0.39 is 60.2 Å². The molecule has 5 atom stereocenters. The Bertz CT molecular complexity index is 1400. The maximum atomic E-state index is 13.1. The van der Waals surface area contributed by atoms with Crippen LogP contribution in [0.2, 0.25) is 0 Å². The number of hydrogen-bond acceptors (Lipinski definition) is 11. The molecule has 2 N–H and O–H groups in total. The molecule has 0 aliphatic carbocycles. The van der Waals surface area contributed by atoms with Gasteiger partial charge in [0.25, 0.3) is 0 Å². The Balaban J connectivity index is 1.77. The SMILES string of the molecule is CC(=O)OC[C@H]1O[C@@H](CC(=O)/C=C/c2cccc(NC(=S)Nc3ccccc3)c2)[C@H](OC(C)=O)[C@@H](OC(C)=O)[C@@H]1OC(C)=O. The lowest BCUT2D eigenvalue weighted by atomic mass is 9.91. The Labute approximate surface area is 260 Å². The van der Waals surface area contributed by atoms with Crippen LogP contribution >= 0.6 is 12.2 Å². The lowest BCUT2D eigenvalue weighted by Crippen LogP contribution is -2.62. The van der Waals surface area contributed by atoms with Crippen LogP contribution in [0.25, 0.3) is 6.08 Å². The standard InChI is InChI=1S/C31H34N2O10S/c1-18(34)39-17-27-29(41-20(3)36)30(42-21(4)37)28(40-19(2)35)26(43-27)16-25(38)14-13-22-9-8-12-24(15-22)33-31(44)32-23-10-6-5-7-11-23/h5-15,26-30H,16-17H2,1-4H3,(H2,32,33,44)/b14-13+/t26-,27+,28-,29+,30+/m0/s1. The van der Waals surface area contributed by atoms with Gasteiger partial charge < -0.3 is 34.3 Å². The third-order valence-electron chi connectivity index (χ3n) is 6.13. The van der Waals surface area contributed by atoms with Crippen LogP contribution in [-0.4, -0.2) is 71.9 Å². The molecule has 0 amide bonds. The van der Waals surface area contributed by atoms with Crippen molar-refractivity contribution in [3.8, 4) is 0 Å². The zero-order chi connectivity index (χ0) is 32.2. The second-order valence-electron chi connectivity index (χ2n) is 9.81. The molecule has 44 heavy (non-hydrogen) atoms. The molecular weight excluding hydrogens is 592 g/mol. The summed E-state index contributed by atoms with van der Waals surface area (Å²) in [6, 6.07) is 16.6. The summed E-state index contributed by atoms with van der Waals surface area (Å²) in [7, 11) is 0. The summed E-state index contributed by atoms with van der Waals surface area (Å²) in [5.74, 6) is -3.28. The predicted molar refractivity (Wildman–Crippen MR) is 163 cm³/mol. The van der Waals surface area contributed by atoms with Crippen LogP contribution in [0.3, 0.4) is 0 Å². The Morgan fingerprint density at radius 2 is 1.32 bits per heavy atom. The Kier molecular flexibility index (Phi) is 12.5. The molecule has 0 unspecified atom stereocenters. The zero-order valence-corrected chi connectivity index (χ0v) is 25.5. The minimum atomic E-state index is -1.34. The molecule has 0 spiro atoms. The van der Waals surface area contributed by atoms with Crippen molar-refractivity contribution in [2.75, 3.05) is 17.2 Å². The van der Waals surface area contributed by atoms with E-state index in [4.69, 9.17) is 35.9 Å². The summed E-state index contributed by atoms with van der Waals surface area (Å²) in [6.07, 6.45) is -3.60. The first kappa shape index (κ1) is 33.9. The Morgan fingerprint density at radius 1 is 0.750 bits per heavy atom. The Hall–Kier alpha value is -4.62. The minimum absolute atomic E-state index is 0.307. The highest BCUT2D eigenvalue weighted by Crippen LogP contribution is 2.31. The molecule has 1 saturated heterocycles. The molecule has 1 aliphatic rings. The first-order chi connectivity index (χ1) is 20.9. The molecule has 0 saturated carbocycles. The second kappa shape index (κ2) is 16.3. The van der Waals surface area contributed by atoms with E-state index in [0.29, 0.717) is 16.4 Å². The number of para-hydroxylation sites is 1. The van der Waals surface area contributed by atoms with Gasteiger partial charge in [0.05, 0.1) is 0 Å². The quantitative estimate of drug-likeness (QED) is 0.162. The third kappa shape index (κ3) is 10.9. The van der Waals surface area contributed by atoms with Crippen molar-refractivity contribution in [1.82, 2.24) is 0 Å². The number of carbonyl (C=O) groups is 5. The molecule has 13 heteroatoms. The van der Waals surface area contributed by atoms with Gasteiger partial charge in [-0.1, -0.05) is 36.4 Å². The highest BCUT2D eigenvalue weighted by molar-refractivity contribution is 7.80. The largest absolute Gasteiger partial charge is 0.463 e. The molecule has 1 fully saturated rings. The van der Waals surface area contributed by atoms with E-state index in [-0.39, 0.29) is 13.0 Å². The number of carbonyl (C=O) groups excluding carboxylic acids is 5. The molecule has 0 bridgehead atoms. The first-order valence-electron chi connectivity index (χ1n) is 13.7. The number of esters is 4. The van der Waals surface area contributed by atoms with Crippen molar-refractivity contribution >= 4 is 64.4 Å². The average Bonchev–Trinajstić information content (AvgIpc) is 2.94. The van der Waals surface area contributed by atoms with Crippen LogP contribution in [0.4, 0.5) is 11.4 Å². The van der Waals surface area contributed by atoms with E-state index in [1.165, 1.54) is 13.0 Å². The summed E-state index contributed by atoms with van der Waals surface area (Å²) in [5, 5.41) is 6.56. The molecule has 2 aromatic rings. The third-order valence-corrected chi connectivity index (χ3v) is 6.33. The Morgan fingerprint density at radius 3 is 1.93 bits per heavy atom. The molecule has 1 aliphatic heterocycles. The molecule has 2 aromatic carbocycles. The number of allylic oxidation sites excluding steroid dienone is 1. The predicted octanol–water partition coefficient (Wildman–Crippen LogP) is 3.59. The summed E-state index contributed by atoms with van der Waals surface area (Å²) in [4.78, 5) is 60.5. The molecule has 0 radical (unpaired) electrons. The van der Waals surface area contributed by atoms with Crippen LogP contribution in [0.15, 0.2) is 60.7 Å². The van der Waals surface area contributed by atoms with E-state index in [9.17, 15) is 24.0 Å². The van der Waals surface area contributed by atoms with E-state index >= 15 is 0 Å². The average molecular weight is 627 g/mol. The van der Waals surface area contributed by atoms with Gasteiger partial charge in [0.1, 0.15) is 18.8 Å². The van der Waals surface area contributed by atoms with Gasteiger partial charge in [0.15, 0.2) is 29.2 Å². The van der Waals surface area contributed by atoms with Gasteiger partial charge in [-0.2, -0.15) is 0 Å². The first-order valence-corrected chi connectivity index (χ1v) is 14.1. The van der Waals surface area contributed by atoms with Gasteiger partial charge >= 0.3 is 23.9 Å². The molecule has 3 rings (SSSR count). The number of thiocarbonyl (C=S) groups is 1. The highest BCUT2D eigenvalue weighted by Gasteiger charge is 2.52. The van der Waals surface area contributed by atoms with E-state index in [1.807, 2.05) is 36.4 Å². The van der Waals surface area contributed by atoms with Crippen molar-refractivity contribution in [2.24, 2.45) is 0 Å². The number of nitrogens with one attached hydrogen (secondary N) is 2. The number of benzene rings is 2. The van der Waals surface area contributed by atoms with Crippen molar-refractivity contribution < 1.29 is 47.7 Å². The van der Waals surface area contributed by atoms with Crippen LogP contribution in [0, 0.1) is 0 Å². The van der Waals surface area contributed by atoms with Crippen molar-refractivity contribution in [1.29, 1.82) is 0 Å². The molecule has 234 valence electrons. The van der Waals surface area contributed by atoms with Gasteiger partial charge in [0.2, 0.25) is 0 Å². The van der Waals surface area contributed by atoms with Crippen LogP contribution < -0.4 is 10.6 Å². The normalized spacial score (nSPS) is 21.0. The topological polar surface area (TPSA) is 156 Å². The fraction of sp³-hybridized carbons (Fsp3) is 0.355. The highest BCUT2D eigenvalue weighted by atomic mass is 32.1. The number of ether oxygens (including phenoxy) is 5. The van der Waals surface area contributed by atoms with E-state index in [1.54, 1.807) is 24.3 Å². The minimum Gasteiger partial charge on any atom is -0.463 e. The molecular formula is C31H34N2O10S. The molecule has 1 heterocycles. The van der Waals surface area contributed by atoms with E-state index in [0.717, 1.165) is 26.5 Å².